The second-order valence-corrected chi connectivity index (χ2v) is 5.62. The van der Waals surface area contributed by atoms with Gasteiger partial charge in [0.05, 0.1) is 22.1 Å². The lowest BCUT2D eigenvalue weighted by Gasteiger charge is -2.03. The molecular formula is C13H8Cl2N2O2S. The van der Waals surface area contributed by atoms with Crippen LogP contribution in [0.25, 0.3) is 11.7 Å². The van der Waals surface area contributed by atoms with Crippen LogP contribution in [-0.2, 0) is 5.75 Å². The van der Waals surface area contributed by atoms with Gasteiger partial charge in [0.1, 0.15) is 0 Å². The molecule has 0 saturated heterocycles. The fourth-order valence-corrected chi connectivity index (χ4v) is 3.09. The number of halogens is 2. The van der Waals surface area contributed by atoms with Crippen LogP contribution in [0.1, 0.15) is 5.89 Å². The topological polar surface area (TPSA) is 52.1 Å². The standard InChI is InChI=1S/C13H8Cl2N2O2S/c14-8-3-1-4-9(15)12(8)20-7-11-16-17-13(19-11)10-5-2-6-18-10/h1-6H,7H2. The Kier molecular flexibility index (Phi) is 4.00. The molecule has 102 valence electrons. The van der Waals surface area contributed by atoms with Gasteiger partial charge in [0.25, 0.3) is 5.89 Å². The molecule has 3 rings (SSSR count). The molecule has 4 nitrogen and oxygen atoms in total. The zero-order valence-corrected chi connectivity index (χ0v) is 12.4. The summed E-state index contributed by atoms with van der Waals surface area (Å²) in [6, 6.07) is 8.90. The summed E-state index contributed by atoms with van der Waals surface area (Å²) in [5, 5.41) is 9.10. The van der Waals surface area contributed by atoms with Gasteiger partial charge in [-0.2, -0.15) is 0 Å². The monoisotopic (exact) mass is 326 g/mol. The van der Waals surface area contributed by atoms with E-state index >= 15 is 0 Å². The molecule has 0 aliphatic carbocycles. The van der Waals surface area contributed by atoms with Crippen molar-refractivity contribution in [3.63, 3.8) is 0 Å². The molecule has 0 aliphatic rings. The Labute approximate surface area is 129 Å². The Bertz CT molecular complexity index is 693. The quantitative estimate of drug-likeness (QED) is 0.636. The first-order valence-electron chi connectivity index (χ1n) is 5.67. The van der Waals surface area contributed by atoms with E-state index < -0.39 is 0 Å². The van der Waals surface area contributed by atoms with Crippen LogP contribution in [-0.4, -0.2) is 10.2 Å². The molecule has 0 unspecified atom stereocenters. The van der Waals surface area contributed by atoms with Crippen molar-refractivity contribution in [1.82, 2.24) is 10.2 Å². The van der Waals surface area contributed by atoms with Gasteiger partial charge in [0.2, 0.25) is 5.89 Å². The first-order chi connectivity index (χ1) is 9.74. The normalized spacial score (nSPS) is 10.9. The predicted octanol–water partition coefficient (Wildman–Crippen LogP) is 4.93. The molecule has 0 aliphatic heterocycles. The van der Waals surface area contributed by atoms with Crippen molar-refractivity contribution in [2.24, 2.45) is 0 Å². The van der Waals surface area contributed by atoms with Crippen LogP contribution in [0.15, 0.2) is 50.3 Å². The van der Waals surface area contributed by atoms with Crippen molar-refractivity contribution in [2.45, 2.75) is 10.6 Å². The summed E-state index contributed by atoms with van der Waals surface area (Å²) in [4.78, 5) is 0.800. The van der Waals surface area contributed by atoms with Gasteiger partial charge in [0, 0.05) is 4.90 Å². The SMILES string of the molecule is Clc1cccc(Cl)c1SCc1nnc(-c2ccco2)o1. The molecule has 2 heterocycles. The average Bonchev–Trinajstić information content (AvgIpc) is 3.09. The second-order valence-electron chi connectivity index (χ2n) is 3.82. The lowest BCUT2D eigenvalue weighted by atomic mass is 10.4. The number of benzene rings is 1. The highest BCUT2D eigenvalue weighted by molar-refractivity contribution is 7.98. The lowest BCUT2D eigenvalue weighted by Crippen LogP contribution is -1.82. The highest BCUT2D eigenvalue weighted by atomic mass is 35.5. The van der Waals surface area contributed by atoms with Gasteiger partial charge < -0.3 is 8.83 Å². The fourth-order valence-electron chi connectivity index (χ4n) is 1.57. The molecule has 2 aromatic heterocycles. The fraction of sp³-hybridized carbons (Fsp3) is 0.0769. The molecule has 0 fully saturated rings. The van der Waals surface area contributed by atoms with Crippen LogP contribution < -0.4 is 0 Å². The summed E-state index contributed by atoms with van der Waals surface area (Å²) in [6.45, 7) is 0. The molecule has 0 bridgehead atoms. The summed E-state index contributed by atoms with van der Waals surface area (Å²) in [7, 11) is 0. The van der Waals surface area contributed by atoms with Gasteiger partial charge in [-0.05, 0) is 24.3 Å². The maximum Gasteiger partial charge on any atom is 0.283 e. The minimum atomic E-state index is 0.357. The first-order valence-corrected chi connectivity index (χ1v) is 7.41. The number of furan rings is 1. The third kappa shape index (κ3) is 2.85. The predicted molar refractivity (Wildman–Crippen MR) is 78.0 cm³/mol. The maximum absolute atomic E-state index is 6.10. The smallest absolute Gasteiger partial charge is 0.283 e. The van der Waals surface area contributed by atoms with E-state index in [1.807, 2.05) is 0 Å². The number of rotatable bonds is 4. The van der Waals surface area contributed by atoms with E-state index in [2.05, 4.69) is 10.2 Å². The summed E-state index contributed by atoms with van der Waals surface area (Å²) in [6.07, 6.45) is 1.55. The third-order valence-corrected chi connectivity index (χ3v) is 4.43. The molecule has 0 radical (unpaired) electrons. The van der Waals surface area contributed by atoms with E-state index in [4.69, 9.17) is 32.0 Å². The van der Waals surface area contributed by atoms with E-state index in [1.165, 1.54) is 11.8 Å². The average molecular weight is 327 g/mol. The van der Waals surface area contributed by atoms with E-state index in [9.17, 15) is 0 Å². The number of hydrogen-bond donors (Lipinski definition) is 0. The zero-order valence-electron chi connectivity index (χ0n) is 10.0. The molecule has 20 heavy (non-hydrogen) atoms. The summed E-state index contributed by atoms with van der Waals surface area (Å²) < 4.78 is 10.7. The second kappa shape index (κ2) is 5.91. The van der Waals surface area contributed by atoms with E-state index in [0.29, 0.717) is 33.3 Å². The van der Waals surface area contributed by atoms with Crippen molar-refractivity contribution >= 4 is 35.0 Å². The van der Waals surface area contributed by atoms with Crippen LogP contribution in [0.3, 0.4) is 0 Å². The number of thioether (sulfide) groups is 1. The minimum Gasteiger partial charge on any atom is -0.459 e. The van der Waals surface area contributed by atoms with Gasteiger partial charge in [0.15, 0.2) is 5.76 Å². The van der Waals surface area contributed by atoms with Crippen LogP contribution >= 0.6 is 35.0 Å². The van der Waals surface area contributed by atoms with Gasteiger partial charge >= 0.3 is 0 Å². The van der Waals surface area contributed by atoms with Crippen molar-refractivity contribution in [1.29, 1.82) is 0 Å². The summed E-state index contributed by atoms with van der Waals surface area (Å²) >= 11 is 13.6. The van der Waals surface area contributed by atoms with E-state index in [-0.39, 0.29) is 0 Å². The van der Waals surface area contributed by atoms with Crippen molar-refractivity contribution in [3.8, 4) is 11.7 Å². The largest absolute Gasteiger partial charge is 0.459 e. The molecule has 0 spiro atoms. The Hall–Kier alpha value is -1.43. The van der Waals surface area contributed by atoms with Crippen molar-refractivity contribution < 1.29 is 8.83 Å². The number of hydrogen-bond acceptors (Lipinski definition) is 5. The van der Waals surface area contributed by atoms with Crippen LogP contribution in [0.5, 0.6) is 0 Å². The number of nitrogens with zero attached hydrogens (tertiary/aromatic N) is 2. The minimum absolute atomic E-state index is 0.357. The van der Waals surface area contributed by atoms with E-state index in [1.54, 1.807) is 36.6 Å². The Morgan fingerprint density at radius 3 is 2.55 bits per heavy atom. The highest BCUT2D eigenvalue weighted by Gasteiger charge is 2.13. The molecule has 0 N–H and O–H groups in total. The zero-order chi connectivity index (χ0) is 13.9. The lowest BCUT2D eigenvalue weighted by molar-refractivity contribution is 0.494. The van der Waals surface area contributed by atoms with E-state index in [0.717, 1.165) is 4.90 Å². The van der Waals surface area contributed by atoms with Crippen LogP contribution in [0.4, 0.5) is 0 Å². The van der Waals surface area contributed by atoms with Gasteiger partial charge in [-0.25, -0.2) is 0 Å². The Morgan fingerprint density at radius 1 is 1.05 bits per heavy atom. The van der Waals surface area contributed by atoms with Gasteiger partial charge in [-0.1, -0.05) is 29.3 Å². The first kappa shape index (κ1) is 13.5. The molecule has 1 aromatic carbocycles. The molecule has 3 aromatic rings. The van der Waals surface area contributed by atoms with Crippen molar-refractivity contribution in [2.75, 3.05) is 0 Å². The number of aromatic nitrogens is 2. The molecular weight excluding hydrogens is 319 g/mol. The highest BCUT2D eigenvalue weighted by Crippen LogP contribution is 2.35. The molecule has 7 heteroatoms. The van der Waals surface area contributed by atoms with Gasteiger partial charge in [-0.15, -0.1) is 22.0 Å². The summed E-state index contributed by atoms with van der Waals surface area (Å²) in [5.41, 5.74) is 0. The molecule has 0 atom stereocenters. The third-order valence-electron chi connectivity index (χ3n) is 2.46. The van der Waals surface area contributed by atoms with Crippen LogP contribution in [0, 0.1) is 0 Å². The Balaban J connectivity index is 1.73. The van der Waals surface area contributed by atoms with Crippen molar-refractivity contribution in [3.05, 3.63) is 52.5 Å². The molecule has 0 amide bonds. The summed E-state index contributed by atoms with van der Waals surface area (Å²) in [5.74, 6) is 1.87. The van der Waals surface area contributed by atoms with Crippen LogP contribution in [0.2, 0.25) is 10.0 Å². The maximum atomic E-state index is 6.10. The Morgan fingerprint density at radius 2 is 1.85 bits per heavy atom. The van der Waals surface area contributed by atoms with Gasteiger partial charge in [-0.3, -0.25) is 0 Å². The molecule has 0 saturated carbocycles.